The van der Waals surface area contributed by atoms with Gasteiger partial charge in [-0.25, -0.2) is 19.6 Å². The lowest BCUT2D eigenvalue weighted by Gasteiger charge is -2.41. The Kier molecular flexibility index (Phi) is 8.18. The van der Waals surface area contributed by atoms with Crippen molar-refractivity contribution in [1.82, 2.24) is 20.2 Å². The fourth-order valence-corrected chi connectivity index (χ4v) is 5.06. The Morgan fingerprint density at radius 1 is 1.18 bits per heavy atom. The lowest BCUT2D eigenvalue weighted by molar-refractivity contribution is -0.125. The molecule has 8 nitrogen and oxygen atoms in total. The quantitative estimate of drug-likeness (QED) is 0.420. The van der Waals surface area contributed by atoms with Crippen molar-refractivity contribution in [2.75, 3.05) is 45.8 Å². The number of methoxy groups -OCH3 is 1. The number of carbonyl (C=O) groups excluding carboxylic acids is 2. The Labute approximate surface area is 201 Å². The van der Waals surface area contributed by atoms with Crippen LogP contribution in [0.1, 0.15) is 73.7 Å². The molecule has 1 saturated carbocycles. The molecule has 0 aromatic heterocycles. The zero-order chi connectivity index (χ0) is 24.2. The maximum Gasteiger partial charge on any atom is 0.340 e. The number of benzene rings is 1. The van der Waals surface area contributed by atoms with Crippen LogP contribution in [0.15, 0.2) is 12.1 Å². The number of nitrogens with one attached hydrogen (secondary N) is 2. The number of carbonyl (C=O) groups is 2. The van der Waals surface area contributed by atoms with Crippen LogP contribution in [-0.4, -0.2) is 79.4 Å². The number of hydrogen-bond donors (Lipinski definition) is 2. The van der Waals surface area contributed by atoms with Crippen LogP contribution in [0.25, 0.3) is 0 Å². The molecule has 3 fully saturated rings. The number of halogens is 1. The first-order valence-corrected chi connectivity index (χ1v) is 12.6. The van der Waals surface area contributed by atoms with Crippen molar-refractivity contribution in [3.8, 4) is 0 Å². The number of hydrazine groups is 1. The van der Waals surface area contributed by atoms with Gasteiger partial charge in [0.05, 0.1) is 31.2 Å². The van der Waals surface area contributed by atoms with Crippen molar-refractivity contribution < 1.29 is 18.7 Å². The fourth-order valence-electron chi connectivity index (χ4n) is 5.06. The molecule has 2 heterocycles. The molecule has 2 saturated heterocycles. The summed E-state index contributed by atoms with van der Waals surface area (Å²) in [6.45, 7) is 6.42. The maximum atomic E-state index is 14.5. The molecule has 2 atom stereocenters. The van der Waals surface area contributed by atoms with Crippen LogP contribution in [0.2, 0.25) is 0 Å². The number of amides is 1. The molecule has 188 valence electrons. The minimum atomic E-state index is -0.663. The Morgan fingerprint density at radius 3 is 2.65 bits per heavy atom. The zero-order valence-electron chi connectivity index (χ0n) is 20.6. The Morgan fingerprint density at radius 2 is 1.97 bits per heavy atom. The van der Waals surface area contributed by atoms with Gasteiger partial charge in [-0.2, -0.15) is 0 Å². The van der Waals surface area contributed by atoms with Gasteiger partial charge in [0, 0.05) is 20.1 Å². The van der Waals surface area contributed by atoms with E-state index < -0.39 is 11.8 Å². The predicted molar refractivity (Wildman–Crippen MR) is 129 cm³/mol. The summed E-state index contributed by atoms with van der Waals surface area (Å²) >= 11 is 0. The summed E-state index contributed by atoms with van der Waals surface area (Å²) in [7, 11) is 3.13. The van der Waals surface area contributed by atoms with Crippen molar-refractivity contribution in [2.45, 2.75) is 70.0 Å². The average molecular weight is 476 g/mol. The average Bonchev–Trinajstić information content (AvgIpc) is 3.56. The third-order valence-corrected chi connectivity index (χ3v) is 7.26. The second-order valence-corrected chi connectivity index (χ2v) is 9.80. The van der Waals surface area contributed by atoms with Gasteiger partial charge in [-0.05, 0) is 62.3 Å². The molecule has 3 aliphatic rings. The summed E-state index contributed by atoms with van der Waals surface area (Å²) in [5.74, 6) is -1.14. The second-order valence-electron chi connectivity index (χ2n) is 9.80. The van der Waals surface area contributed by atoms with E-state index in [4.69, 9.17) is 4.74 Å². The van der Waals surface area contributed by atoms with Gasteiger partial charge in [-0.15, -0.1) is 0 Å². The number of esters is 1. The van der Waals surface area contributed by atoms with Crippen LogP contribution < -0.4 is 10.7 Å². The lowest BCUT2D eigenvalue weighted by Crippen LogP contribution is -2.61. The number of ether oxygens (including phenoxy) is 1. The van der Waals surface area contributed by atoms with Gasteiger partial charge < -0.3 is 10.1 Å². The number of anilines is 1. The summed E-state index contributed by atoms with van der Waals surface area (Å²) in [6, 6.07) is 2.40. The van der Waals surface area contributed by atoms with Crippen molar-refractivity contribution in [3.05, 3.63) is 29.1 Å². The molecule has 9 heteroatoms. The monoisotopic (exact) mass is 475 g/mol. The van der Waals surface area contributed by atoms with E-state index in [1.807, 2.05) is 12.1 Å². The first kappa shape index (κ1) is 25.0. The number of rotatable bonds is 9. The molecule has 0 bridgehead atoms. The van der Waals surface area contributed by atoms with Crippen molar-refractivity contribution in [2.24, 2.45) is 0 Å². The van der Waals surface area contributed by atoms with E-state index in [2.05, 4.69) is 27.5 Å². The summed E-state index contributed by atoms with van der Waals surface area (Å²) < 4.78 is 19.3. The molecule has 1 aromatic rings. The van der Waals surface area contributed by atoms with E-state index in [1.165, 1.54) is 32.4 Å². The number of unbranched alkanes of at least 4 members (excludes halogenated alkanes) is 2. The molecule has 0 spiro atoms. The van der Waals surface area contributed by atoms with E-state index in [9.17, 15) is 14.0 Å². The number of likely N-dealkylation sites (N-methyl/N-ethyl adjacent to an activating group) is 1. The highest BCUT2D eigenvalue weighted by Gasteiger charge is 2.36. The largest absolute Gasteiger partial charge is 0.465 e. The van der Waals surface area contributed by atoms with E-state index in [1.54, 1.807) is 6.07 Å². The van der Waals surface area contributed by atoms with E-state index in [-0.39, 0.29) is 29.6 Å². The molecular weight excluding hydrogens is 437 g/mol. The van der Waals surface area contributed by atoms with Crippen molar-refractivity contribution in [1.29, 1.82) is 0 Å². The normalized spacial score (nSPS) is 24.4. The maximum absolute atomic E-state index is 14.5. The lowest BCUT2D eigenvalue weighted by atomic mass is 10.0. The smallest absolute Gasteiger partial charge is 0.340 e. The third-order valence-electron chi connectivity index (χ3n) is 7.26. The van der Waals surface area contributed by atoms with Crippen LogP contribution in [0.5, 0.6) is 0 Å². The van der Waals surface area contributed by atoms with Gasteiger partial charge in [0.25, 0.3) is 0 Å². The Hall–Kier alpha value is -2.07. The van der Waals surface area contributed by atoms with Crippen molar-refractivity contribution >= 4 is 17.6 Å². The summed E-state index contributed by atoms with van der Waals surface area (Å²) in [6.07, 6.45) is 7.33. The van der Waals surface area contributed by atoms with Gasteiger partial charge in [0.15, 0.2) is 0 Å². The van der Waals surface area contributed by atoms with Crippen LogP contribution in [0.3, 0.4) is 0 Å². The van der Waals surface area contributed by atoms with Crippen LogP contribution in [0, 0.1) is 5.82 Å². The van der Waals surface area contributed by atoms with Gasteiger partial charge in [-0.1, -0.05) is 19.8 Å². The minimum absolute atomic E-state index is 0.0438. The first-order chi connectivity index (χ1) is 16.4. The van der Waals surface area contributed by atoms with E-state index in [0.717, 1.165) is 45.6 Å². The third kappa shape index (κ3) is 5.76. The van der Waals surface area contributed by atoms with Gasteiger partial charge >= 0.3 is 5.97 Å². The zero-order valence-corrected chi connectivity index (χ0v) is 20.6. The molecule has 1 aromatic carbocycles. The number of hydrogen-bond acceptors (Lipinski definition) is 7. The molecule has 2 aliphatic heterocycles. The highest BCUT2D eigenvalue weighted by Crippen LogP contribution is 2.43. The second kappa shape index (κ2) is 11.1. The Balaban J connectivity index is 1.37. The van der Waals surface area contributed by atoms with Crippen LogP contribution in [0.4, 0.5) is 10.1 Å². The standard InChI is InChI=1S/C25H38FN5O3/c1-4-5-6-11-30-12-13-31(16-30)23-10-9-22(29(2)28-23)24(32)27-21-15-18(17-7-8-17)20(26)14-19(21)25(33)34-3/h14-15,17,22-23,28H,4-13,16H2,1-3H3,(H,27,32). The highest BCUT2D eigenvalue weighted by molar-refractivity contribution is 6.03. The summed E-state index contributed by atoms with van der Waals surface area (Å²) in [5.41, 5.74) is 4.39. The molecular formula is C25H38FN5O3. The molecule has 34 heavy (non-hydrogen) atoms. The van der Waals surface area contributed by atoms with Crippen molar-refractivity contribution in [3.63, 3.8) is 0 Å². The number of nitrogens with zero attached hydrogens (tertiary/aromatic N) is 3. The fraction of sp³-hybridized carbons (Fsp3) is 0.680. The van der Waals surface area contributed by atoms with E-state index >= 15 is 0 Å². The summed E-state index contributed by atoms with van der Waals surface area (Å²) in [4.78, 5) is 30.4. The van der Waals surface area contributed by atoms with Gasteiger partial charge in [0.2, 0.25) is 5.91 Å². The molecule has 1 amide bonds. The highest BCUT2D eigenvalue weighted by atomic mass is 19.1. The molecule has 4 rings (SSSR count). The topological polar surface area (TPSA) is 77.1 Å². The van der Waals surface area contributed by atoms with Gasteiger partial charge in [-0.3, -0.25) is 14.6 Å². The molecule has 2 N–H and O–H groups in total. The van der Waals surface area contributed by atoms with E-state index in [0.29, 0.717) is 17.7 Å². The molecule has 0 radical (unpaired) electrons. The Bertz CT molecular complexity index is 894. The SMILES string of the molecule is CCCCCN1CCN(C2CCC(C(=O)Nc3cc(C4CC4)c(F)cc3C(=O)OC)N(C)N2)C1. The van der Waals surface area contributed by atoms with Gasteiger partial charge in [0.1, 0.15) is 11.9 Å². The first-order valence-electron chi connectivity index (χ1n) is 12.6. The minimum Gasteiger partial charge on any atom is -0.465 e. The molecule has 1 aliphatic carbocycles. The van der Waals surface area contributed by atoms with Crippen LogP contribution in [-0.2, 0) is 9.53 Å². The summed E-state index contributed by atoms with van der Waals surface area (Å²) in [5, 5.41) is 4.75. The molecule has 2 unspecified atom stereocenters. The van der Waals surface area contributed by atoms with Crippen LogP contribution >= 0.6 is 0 Å². The predicted octanol–water partition coefficient (Wildman–Crippen LogP) is 3.12.